The zero-order valence-electron chi connectivity index (χ0n) is 20.4. The second kappa shape index (κ2) is 10.5. The third kappa shape index (κ3) is 5.93. The molecule has 0 radical (unpaired) electrons. The standard InChI is InChI=1S/C25H21ClF3N7O3/c1-14-2-7-20(39-14)23-32-34-35(33-23)13-21(37)36(17-5-6-19(26)18(12-17)25(27,28)29)22(15-8-10-30-11-9-15)24(38)31-16-3-4-16/h2,5-12,16,22H,3-4,13H2,1H3,(H,31,38). The molecule has 1 atom stereocenters. The quantitative estimate of drug-likeness (QED) is 0.340. The predicted octanol–water partition coefficient (Wildman–Crippen LogP) is 4.36. The number of aromatic nitrogens is 5. The Morgan fingerprint density at radius 3 is 2.56 bits per heavy atom. The van der Waals surface area contributed by atoms with Crippen molar-refractivity contribution in [3.05, 3.63) is 76.8 Å². The summed E-state index contributed by atoms with van der Waals surface area (Å²) in [6, 6.07) is 8.01. The Balaban J connectivity index is 1.56. The Morgan fingerprint density at radius 2 is 1.92 bits per heavy atom. The molecule has 3 heterocycles. The van der Waals surface area contributed by atoms with Gasteiger partial charge in [0, 0.05) is 24.1 Å². The molecule has 4 aromatic rings. The summed E-state index contributed by atoms with van der Waals surface area (Å²) in [5, 5.41) is 14.2. The first-order valence-electron chi connectivity index (χ1n) is 11.8. The van der Waals surface area contributed by atoms with E-state index in [1.807, 2.05) is 0 Å². The fraction of sp³-hybridized carbons (Fsp3) is 0.280. The van der Waals surface area contributed by atoms with Crippen LogP contribution in [0.2, 0.25) is 5.02 Å². The van der Waals surface area contributed by atoms with E-state index in [2.05, 4.69) is 25.7 Å². The van der Waals surface area contributed by atoms with Crippen LogP contribution in [0.1, 0.15) is 35.8 Å². The molecule has 1 saturated carbocycles. The van der Waals surface area contributed by atoms with E-state index in [4.69, 9.17) is 16.0 Å². The van der Waals surface area contributed by atoms with E-state index in [0.717, 1.165) is 34.7 Å². The second-order valence-electron chi connectivity index (χ2n) is 8.95. The maximum absolute atomic E-state index is 13.8. The number of aryl methyl sites for hydroxylation is 1. The zero-order chi connectivity index (χ0) is 27.7. The maximum Gasteiger partial charge on any atom is 0.417 e. The van der Waals surface area contributed by atoms with Crippen molar-refractivity contribution in [1.82, 2.24) is 30.5 Å². The number of furan rings is 1. The van der Waals surface area contributed by atoms with Gasteiger partial charge in [0.1, 0.15) is 18.3 Å². The molecule has 10 nitrogen and oxygen atoms in total. The molecular formula is C25H21ClF3N7O3. The number of nitrogens with zero attached hydrogens (tertiary/aromatic N) is 6. The van der Waals surface area contributed by atoms with Crippen LogP contribution in [0.25, 0.3) is 11.6 Å². The number of hydrogen-bond donors (Lipinski definition) is 1. The molecule has 1 aliphatic rings. The molecule has 1 aliphatic carbocycles. The lowest BCUT2D eigenvalue weighted by Gasteiger charge is -2.32. The molecule has 0 spiro atoms. The van der Waals surface area contributed by atoms with E-state index in [0.29, 0.717) is 17.1 Å². The lowest BCUT2D eigenvalue weighted by Crippen LogP contribution is -2.46. The third-order valence-electron chi connectivity index (χ3n) is 5.94. The van der Waals surface area contributed by atoms with Crippen molar-refractivity contribution in [2.75, 3.05) is 4.90 Å². The SMILES string of the molecule is Cc1ccc(-c2nnn(CC(=O)N(c3ccc(Cl)c(C(F)(F)F)c3)C(C(=O)NC3CC3)c3ccncc3)n2)o1. The van der Waals surface area contributed by atoms with Gasteiger partial charge in [0.15, 0.2) is 5.76 Å². The van der Waals surface area contributed by atoms with E-state index in [9.17, 15) is 22.8 Å². The van der Waals surface area contributed by atoms with Gasteiger partial charge in [-0.05, 0) is 73.0 Å². The van der Waals surface area contributed by atoms with Crippen LogP contribution in [0, 0.1) is 6.92 Å². The Kier molecular flexibility index (Phi) is 7.08. The van der Waals surface area contributed by atoms with Gasteiger partial charge in [-0.15, -0.1) is 10.2 Å². The number of pyridine rings is 1. The van der Waals surface area contributed by atoms with Crippen LogP contribution >= 0.6 is 11.6 Å². The molecule has 0 aliphatic heterocycles. The van der Waals surface area contributed by atoms with Gasteiger partial charge in [0.2, 0.25) is 11.7 Å². The van der Waals surface area contributed by atoms with E-state index < -0.39 is 41.2 Å². The van der Waals surface area contributed by atoms with Gasteiger partial charge in [-0.25, -0.2) is 0 Å². The summed E-state index contributed by atoms with van der Waals surface area (Å²) in [5.41, 5.74) is -0.991. The van der Waals surface area contributed by atoms with Crippen molar-refractivity contribution in [2.24, 2.45) is 0 Å². The number of rotatable bonds is 8. The van der Waals surface area contributed by atoms with E-state index in [1.165, 1.54) is 30.6 Å². The monoisotopic (exact) mass is 559 g/mol. The van der Waals surface area contributed by atoms with E-state index >= 15 is 0 Å². The van der Waals surface area contributed by atoms with Crippen molar-refractivity contribution in [3.8, 4) is 11.6 Å². The fourth-order valence-electron chi connectivity index (χ4n) is 3.95. The molecule has 1 fully saturated rings. The minimum absolute atomic E-state index is 0.0777. The summed E-state index contributed by atoms with van der Waals surface area (Å²) in [7, 11) is 0. The summed E-state index contributed by atoms with van der Waals surface area (Å²) in [4.78, 5) is 33.2. The normalized spacial score (nSPS) is 14.2. The van der Waals surface area contributed by atoms with Crippen molar-refractivity contribution in [3.63, 3.8) is 0 Å². The molecule has 39 heavy (non-hydrogen) atoms. The topological polar surface area (TPSA) is 119 Å². The van der Waals surface area contributed by atoms with Gasteiger partial charge >= 0.3 is 6.18 Å². The van der Waals surface area contributed by atoms with Crippen LogP contribution in [-0.4, -0.2) is 43.0 Å². The largest absolute Gasteiger partial charge is 0.458 e. The number of carbonyl (C=O) groups excluding carboxylic acids is 2. The van der Waals surface area contributed by atoms with Gasteiger partial charge in [0.25, 0.3) is 5.91 Å². The number of alkyl halides is 3. The average Bonchev–Trinajstić information content (AvgIpc) is 3.40. The van der Waals surface area contributed by atoms with Crippen LogP contribution in [0.15, 0.2) is 59.3 Å². The van der Waals surface area contributed by atoms with Crippen LogP contribution in [0.3, 0.4) is 0 Å². The lowest BCUT2D eigenvalue weighted by molar-refractivity contribution is -0.137. The van der Waals surface area contributed by atoms with Crippen LogP contribution in [0.4, 0.5) is 18.9 Å². The smallest absolute Gasteiger partial charge is 0.417 e. The molecule has 1 unspecified atom stereocenters. The third-order valence-corrected chi connectivity index (χ3v) is 6.27. The molecule has 0 saturated heterocycles. The van der Waals surface area contributed by atoms with Gasteiger partial charge in [-0.2, -0.15) is 18.0 Å². The van der Waals surface area contributed by atoms with Crippen molar-refractivity contribution in [2.45, 2.75) is 44.6 Å². The zero-order valence-corrected chi connectivity index (χ0v) is 21.1. The van der Waals surface area contributed by atoms with Gasteiger partial charge in [0.05, 0.1) is 10.6 Å². The Morgan fingerprint density at radius 1 is 1.18 bits per heavy atom. The van der Waals surface area contributed by atoms with Crippen LogP contribution < -0.4 is 10.2 Å². The minimum Gasteiger partial charge on any atom is -0.458 e. The summed E-state index contributed by atoms with van der Waals surface area (Å²) in [5.74, 6) is -0.259. The van der Waals surface area contributed by atoms with Gasteiger partial charge < -0.3 is 9.73 Å². The first-order valence-corrected chi connectivity index (χ1v) is 12.2. The molecule has 14 heteroatoms. The number of halogens is 4. The number of tetrazole rings is 1. The van der Waals surface area contributed by atoms with Crippen LogP contribution in [-0.2, 0) is 22.3 Å². The van der Waals surface area contributed by atoms with Crippen molar-refractivity contribution in [1.29, 1.82) is 0 Å². The number of amides is 2. The number of hydrogen-bond acceptors (Lipinski definition) is 7. The highest BCUT2D eigenvalue weighted by Crippen LogP contribution is 2.39. The molecule has 2 amide bonds. The molecule has 3 aromatic heterocycles. The second-order valence-corrected chi connectivity index (χ2v) is 9.35. The number of benzene rings is 1. The number of nitrogens with one attached hydrogen (secondary N) is 1. The first kappa shape index (κ1) is 26.4. The highest BCUT2D eigenvalue weighted by Gasteiger charge is 2.38. The number of anilines is 1. The Bertz CT molecular complexity index is 1500. The summed E-state index contributed by atoms with van der Waals surface area (Å²) < 4.78 is 46.7. The Hall–Kier alpha value is -4.26. The first-order chi connectivity index (χ1) is 18.6. The molecule has 202 valence electrons. The van der Waals surface area contributed by atoms with Crippen molar-refractivity contribution >= 4 is 29.1 Å². The van der Waals surface area contributed by atoms with Crippen LogP contribution in [0.5, 0.6) is 0 Å². The van der Waals surface area contributed by atoms with E-state index in [1.54, 1.807) is 19.1 Å². The molecule has 0 bridgehead atoms. The molecule has 5 rings (SSSR count). The molecule has 1 N–H and O–H groups in total. The minimum atomic E-state index is -4.80. The molecule has 1 aromatic carbocycles. The predicted molar refractivity (Wildman–Crippen MR) is 132 cm³/mol. The van der Waals surface area contributed by atoms with Crippen molar-refractivity contribution < 1.29 is 27.2 Å². The van der Waals surface area contributed by atoms with Gasteiger partial charge in [-0.1, -0.05) is 11.6 Å². The van der Waals surface area contributed by atoms with Gasteiger partial charge in [-0.3, -0.25) is 19.5 Å². The average molecular weight is 560 g/mol. The number of carbonyl (C=O) groups is 2. The molecular weight excluding hydrogens is 539 g/mol. The lowest BCUT2D eigenvalue weighted by atomic mass is 10.0. The maximum atomic E-state index is 13.8. The Labute approximate surface area is 224 Å². The summed E-state index contributed by atoms with van der Waals surface area (Å²) in [6.07, 6.45) is -0.419. The van der Waals surface area contributed by atoms with E-state index in [-0.39, 0.29) is 17.6 Å². The summed E-state index contributed by atoms with van der Waals surface area (Å²) >= 11 is 5.84. The highest BCUT2D eigenvalue weighted by molar-refractivity contribution is 6.31. The fourth-order valence-corrected chi connectivity index (χ4v) is 4.17. The summed E-state index contributed by atoms with van der Waals surface area (Å²) in [6.45, 7) is 1.21. The highest BCUT2D eigenvalue weighted by atomic mass is 35.5.